The number of hydrogen-bond donors (Lipinski definition) is 3. The molecule has 0 aliphatic carbocycles. The molecule has 1 aromatic rings. The fraction of sp³-hybridized carbons (Fsp3) is 0.412. The number of nitrogens with zero attached hydrogens (tertiary/aromatic N) is 1. The van der Waals surface area contributed by atoms with Crippen LogP contribution in [0.2, 0.25) is 0 Å². The Kier molecular flexibility index (Phi) is 7.68. The van der Waals surface area contributed by atoms with E-state index in [4.69, 9.17) is 0 Å². The van der Waals surface area contributed by atoms with E-state index in [1.165, 1.54) is 4.90 Å². The molecule has 1 rings (SSSR count). The first kappa shape index (κ1) is 19.9. The van der Waals surface area contributed by atoms with Crippen LogP contribution < -0.4 is 5.32 Å². The summed E-state index contributed by atoms with van der Waals surface area (Å²) in [5.74, 6) is -1.64. The Balaban J connectivity index is 2.74. The minimum absolute atomic E-state index is 0.155. The molecule has 24 heavy (non-hydrogen) atoms. The van der Waals surface area contributed by atoms with Crippen molar-refractivity contribution in [2.75, 3.05) is 13.1 Å². The van der Waals surface area contributed by atoms with Crippen LogP contribution in [-0.2, 0) is 16.0 Å². The van der Waals surface area contributed by atoms with E-state index >= 15 is 0 Å². The second-order valence-electron chi connectivity index (χ2n) is 5.77. The molecule has 0 bridgehead atoms. The van der Waals surface area contributed by atoms with E-state index in [-0.39, 0.29) is 18.9 Å². The first-order valence-electron chi connectivity index (χ1n) is 7.91. The van der Waals surface area contributed by atoms with Gasteiger partial charge in [0.1, 0.15) is 0 Å². The van der Waals surface area contributed by atoms with E-state index in [9.17, 15) is 19.6 Å². The van der Waals surface area contributed by atoms with Crippen LogP contribution in [-0.4, -0.2) is 52.9 Å². The van der Waals surface area contributed by atoms with Crippen LogP contribution >= 0.6 is 0 Å². The predicted molar refractivity (Wildman–Crippen MR) is 94.2 cm³/mol. The highest BCUT2D eigenvalue weighted by Crippen LogP contribution is 2.12. The van der Waals surface area contributed by atoms with Crippen LogP contribution in [0.3, 0.4) is 0 Å². The van der Waals surface area contributed by atoms with Gasteiger partial charge in [0.2, 0.25) is 11.8 Å². The number of benzene rings is 1. The maximum Gasteiger partial charge on any atom is 0.475 e. The van der Waals surface area contributed by atoms with Gasteiger partial charge in [-0.1, -0.05) is 24.8 Å². The van der Waals surface area contributed by atoms with Gasteiger partial charge < -0.3 is 20.3 Å². The lowest BCUT2D eigenvalue weighted by Crippen LogP contribution is -2.51. The van der Waals surface area contributed by atoms with Crippen molar-refractivity contribution in [1.29, 1.82) is 0 Å². The van der Waals surface area contributed by atoms with Crippen molar-refractivity contribution in [2.24, 2.45) is 0 Å². The normalized spacial score (nSPS) is 11.5. The van der Waals surface area contributed by atoms with Gasteiger partial charge in [-0.05, 0) is 50.0 Å². The highest BCUT2D eigenvalue weighted by Gasteiger charge is 2.26. The molecule has 1 aromatic carbocycles. The molecular weight excluding hydrogens is 307 g/mol. The van der Waals surface area contributed by atoms with E-state index in [0.29, 0.717) is 6.54 Å². The van der Waals surface area contributed by atoms with Crippen molar-refractivity contribution in [3.8, 4) is 0 Å². The quantitative estimate of drug-likeness (QED) is 0.474. The molecular formula is C17H25BN2O4. The van der Waals surface area contributed by atoms with Gasteiger partial charge in [-0.25, -0.2) is 0 Å². The molecule has 0 fully saturated rings. The lowest BCUT2D eigenvalue weighted by Gasteiger charge is -2.22. The van der Waals surface area contributed by atoms with Crippen molar-refractivity contribution >= 4 is 18.9 Å². The van der Waals surface area contributed by atoms with Gasteiger partial charge in [-0.2, -0.15) is 0 Å². The monoisotopic (exact) mass is 332 g/mol. The largest absolute Gasteiger partial charge is 0.475 e. The Hall–Kier alpha value is -2.12. The van der Waals surface area contributed by atoms with Crippen LogP contribution in [0.5, 0.6) is 0 Å². The first-order chi connectivity index (χ1) is 11.3. The third-order valence-electron chi connectivity index (χ3n) is 3.94. The molecule has 130 valence electrons. The smallest absolute Gasteiger partial charge is 0.426 e. The predicted octanol–water partition coefficient (Wildman–Crippen LogP) is 0.377. The molecule has 7 heteroatoms. The van der Waals surface area contributed by atoms with E-state index in [0.717, 1.165) is 22.8 Å². The molecule has 0 aliphatic heterocycles. The summed E-state index contributed by atoms with van der Waals surface area (Å²) in [4.78, 5) is 25.0. The molecule has 0 radical (unpaired) electrons. The average Bonchev–Trinajstić information content (AvgIpc) is 2.54. The molecule has 2 amide bonds. The Morgan fingerprint density at radius 2 is 2.00 bits per heavy atom. The van der Waals surface area contributed by atoms with Gasteiger partial charge in [0.15, 0.2) is 0 Å². The highest BCUT2D eigenvalue weighted by atomic mass is 16.4. The second-order valence-corrected chi connectivity index (χ2v) is 5.77. The number of amides is 2. The van der Waals surface area contributed by atoms with Gasteiger partial charge in [-0.15, -0.1) is 0 Å². The zero-order chi connectivity index (χ0) is 18.3. The van der Waals surface area contributed by atoms with Gasteiger partial charge in [0, 0.05) is 6.54 Å². The van der Waals surface area contributed by atoms with Crippen LogP contribution in [0, 0.1) is 13.8 Å². The Morgan fingerprint density at radius 1 is 1.33 bits per heavy atom. The van der Waals surface area contributed by atoms with Crippen molar-refractivity contribution in [3.63, 3.8) is 0 Å². The summed E-state index contributed by atoms with van der Waals surface area (Å²) in [6.45, 7) is 9.32. The summed E-state index contributed by atoms with van der Waals surface area (Å²) in [6.07, 6.45) is 1.43. The molecule has 0 aromatic heterocycles. The minimum Gasteiger partial charge on any atom is -0.426 e. The number of carbonyl (C=O) groups excluding carboxylic acids is 2. The highest BCUT2D eigenvalue weighted by molar-refractivity contribution is 6.43. The molecule has 1 unspecified atom stereocenters. The molecule has 0 spiro atoms. The van der Waals surface area contributed by atoms with Gasteiger partial charge in [0.25, 0.3) is 0 Å². The molecule has 1 atom stereocenters. The van der Waals surface area contributed by atoms with E-state index in [1.807, 2.05) is 32.0 Å². The van der Waals surface area contributed by atoms with Crippen molar-refractivity contribution in [2.45, 2.75) is 33.1 Å². The Bertz CT molecular complexity index is 604. The zero-order valence-electron chi connectivity index (χ0n) is 14.5. The van der Waals surface area contributed by atoms with Gasteiger partial charge in [0.05, 0.1) is 12.5 Å². The van der Waals surface area contributed by atoms with Crippen LogP contribution in [0.25, 0.3) is 0 Å². The number of hydrogen-bond acceptors (Lipinski definition) is 4. The number of rotatable bonds is 8. The van der Waals surface area contributed by atoms with Crippen molar-refractivity contribution < 1.29 is 19.6 Å². The van der Waals surface area contributed by atoms with Gasteiger partial charge in [-0.3, -0.25) is 9.59 Å². The molecule has 3 N–H and O–H groups in total. The standard InChI is InChI=1S/C17H25BN2O4/c1-5-17(22)20(6-2)11-16(21)19-15(18(23)24)10-14-8-7-12(3)13(4)9-14/h5,7-9,15,23-24H,1,6,10-11H2,2-4H3,(H,19,21). The fourth-order valence-corrected chi connectivity index (χ4v) is 2.32. The SMILES string of the molecule is C=CC(=O)N(CC)CC(=O)NC(Cc1ccc(C)c(C)c1)B(O)O. The van der Waals surface area contributed by atoms with Crippen LogP contribution in [0.1, 0.15) is 23.6 Å². The van der Waals surface area contributed by atoms with Crippen LogP contribution in [0.4, 0.5) is 0 Å². The van der Waals surface area contributed by atoms with E-state index < -0.39 is 19.0 Å². The fourth-order valence-electron chi connectivity index (χ4n) is 2.32. The molecule has 0 aliphatic rings. The third-order valence-corrected chi connectivity index (χ3v) is 3.94. The Labute approximate surface area is 143 Å². The summed E-state index contributed by atoms with van der Waals surface area (Å²) < 4.78 is 0. The number of carbonyl (C=O) groups is 2. The summed E-state index contributed by atoms with van der Waals surface area (Å²) >= 11 is 0. The summed E-state index contributed by atoms with van der Waals surface area (Å²) in [7, 11) is -1.69. The molecule has 0 heterocycles. The van der Waals surface area contributed by atoms with Crippen molar-refractivity contribution in [1.82, 2.24) is 10.2 Å². The number of likely N-dealkylation sites (N-methyl/N-ethyl adjacent to an activating group) is 1. The Morgan fingerprint density at radius 3 is 2.50 bits per heavy atom. The van der Waals surface area contributed by atoms with E-state index in [1.54, 1.807) is 6.92 Å². The molecule has 0 saturated heterocycles. The lowest BCUT2D eigenvalue weighted by molar-refractivity contribution is -0.132. The second kappa shape index (κ2) is 9.25. The average molecular weight is 332 g/mol. The summed E-state index contributed by atoms with van der Waals surface area (Å²) in [5.41, 5.74) is 3.13. The maximum absolute atomic E-state index is 12.1. The topological polar surface area (TPSA) is 89.9 Å². The number of aryl methyl sites for hydroxylation is 2. The maximum atomic E-state index is 12.1. The number of nitrogens with one attached hydrogen (secondary N) is 1. The lowest BCUT2D eigenvalue weighted by atomic mass is 9.75. The zero-order valence-corrected chi connectivity index (χ0v) is 14.5. The van der Waals surface area contributed by atoms with E-state index in [2.05, 4.69) is 11.9 Å². The third kappa shape index (κ3) is 5.83. The van der Waals surface area contributed by atoms with Gasteiger partial charge >= 0.3 is 7.12 Å². The minimum atomic E-state index is -1.69. The van der Waals surface area contributed by atoms with Crippen LogP contribution in [0.15, 0.2) is 30.9 Å². The molecule has 0 saturated carbocycles. The summed E-state index contributed by atoms with van der Waals surface area (Å²) in [6, 6.07) is 5.80. The summed E-state index contributed by atoms with van der Waals surface area (Å²) in [5, 5.41) is 21.6. The first-order valence-corrected chi connectivity index (χ1v) is 7.91. The molecule has 6 nitrogen and oxygen atoms in total. The van der Waals surface area contributed by atoms with Crippen molar-refractivity contribution in [3.05, 3.63) is 47.5 Å².